The fourth-order valence-electron chi connectivity index (χ4n) is 1.82. The Labute approximate surface area is 87.4 Å². The monoisotopic (exact) mass is 200 g/mol. The van der Waals surface area contributed by atoms with Crippen molar-refractivity contribution in [1.82, 2.24) is 0 Å². The molecule has 1 aliphatic carbocycles. The normalized spacial score (nSPS) is 27.6. The van der Waals surface area contributed by atoms with Crippen LogP contribution in [-0.2, 0) is 0 Å². The zero-order chi connectivity index (χ0) is 9.36. The fraction of sp³-hybridized carbons (Fsp3) is 0.833. The third kappa shape index (κ3) is 6.15. The van der Waals surface area contributed by atoms with Gasteiger partial charge in [-0.05, 0) is 32.1 Å². The molecule has 1 aliphatic rings. The molecule has 0 bridgehead atoms. The summed E-state index contributed by atoms with van der Waals surface area (Å²) in [5.41, 5.74) is 0. The maximum atomic E-state index is 6.18. The first-order chi connectivity index (χ1) is 6.39. The van der Waals surface area contributed by atoms with Gasteiger partial charge in [0.2, 0.25) is 0 Å². The SMILES string of the molecule is ClC1CCC=CCCCCCCC1. The zero-order valence-electron chi connectivity index (χ0n) is 8.47. The lowest BCUT2D eigenvalue weighted by molar-refractivity contribution is 0.570. The van der Waals surface area contributed by atoms with Crippen LogP contribution in [0, 0.1) is 0 Å². The van der Waals surface area contributed by atoms with E-state index in [-0.39, 0.29) is 0 Å². The zero-order valence-corrected chi connectivity index (χ0v) is 9.23. The molecule has 1 rings (SSSR count). The Hall–Kier alpha value is 0.0300. The summed E-state index contributed by atoms with van der Waals surface area (Å²) in [5.74, 6) is 0. The molecule has 0 aromatic carbocycles. The minimum Gasteiger partial charge on any atom is -0.123 e. The molecular formula is C12H21Cl. The van der Waals surface area contributed by atoms with Gasteiger partial charge in [-0.3, -0.25) is 0 Å². The number of hydrogen-bond acceptors (Lipinski definition) is 0. The van der Waals surface area contributed by atoms with Crippen LogP contribution in [0.15, 0.2) is 12.2 Å². The molecule has 0 aromatic heterocycles. The van der Waals surface area contributed by atoms with Crippen molar-refractivity contribution in [3.63, 3.8) is 0 Å². The molecule has 1 unspecified atom stereocenters. The van der Waals surface area contributed by atoms with Gasteiger partial charge >= 0.3 is 0 Å². The molecule has 0 radical (unpaired) electrons. The highest BCUT2D eigenvalue weighted by Gasteiger charge is 2.03. The van der Waals surface area contributed by atoms with Crippen LogP contribution in [0.5, 0.6) is 0 Å². The van der Waals surface area contributed by atoms with Crippen molar-refractivity contribution in [3.8, 4) is 0 Å². The third-order valence-corrected chi connectivity index (χ3v) is 3.14. The summed E-state index contributed by atoms with van der Waals surface area (Å²) < 4.78 is 0. The number of alkyl halides is 1. The Bertz CT molecular complexity index is 140. The average Bonchev–Trinajstić information content (AvgIpc) is 2.11. The molecule has 0 saturated carbocycles. The van der Waals surface area contributed by atoms with E-state index in [9.17, 15) is 0 Å². The molecule has 0 nitrogen and oxygen atoms in total. The van der Waals surface area contributed by atoms with Crippen molar-refractivity contribution in [2.24, 2.45) is 0 Å². The lowest BCUT2D eigenvalue weighted by Gasteiger charge is -2.08. The molecule has 0 aromatic rings. The number of allylic oxidation sites excluding steroid dienone is 2. The Balaban J connectivity index is 2.21. The van der Waals surface area contributed by atoms with Crippen LogP contribution in [0.25, 0.3) is 0 Å². The van der Waals surface area contributed by atoms with Gasteiger partial charge in [0.15, 0.2) is 0 Å². The molecule has 0 amide bonds. The van der Waals surface area contributed by atoms with Gasteiger partial charge in [-0.1, -0.05) is 37.8 Å². The summed E-state index contributed by atoms with van der Waals surface area (Å²) in [7, 11) is 0. The first kappa shape index (κ1) is 11.1. The number of hydrogen-bond donors (Lipinski definition) is 0. The standard InChI is InChI=1S/C12H21Cl/c13-12-10-8-6-4-2-1-3-5-7-9-11-12/h4,6,12H,1-3,5,7-11H2. The van der Waals surface area contributed by atoms with E-state index < -0.39 is 0 Å². The van der Waals surface area contributed by atoms with E-state index >= 15 is 0 Å². The summed E-state index contributed by atoms with van der Waals surface area (Å²) in [6.45, 7) is 0. The minimum absolute atomic E-state index is 0.420. The van der Waals surface area contributed by atoms with Crippen LogP contribution in [0.4, 0.5) is 0 Å². The molecule has 0 fully saturated rings. The summed E-state index contributed by atoms with van der Waals surface area (Å²) >= 11 is 6.18. The second-order valence-corrected chi connectivity index (χ2v) is 4.61. The summed E-state index contributed by atoms with van der Waals surface area (Å²) in [4.78, 5) is 0. The van der Waals surface area contributed by atoms with Gasteiger partial charge < -0.3 is 0 Å². The van der Waals surface area contributed by atoms with Gasteiger partial charge in [0.1, 0.15) is 0 Å². The molecule has 0 N–H and O–H groups in total. The maximum Gasteiger partial charge on any atom is 0.0339 e. The number of rotatable bonds is 0. The maximum absolute atomic E-state index is 6.18. The molecule has 0 aliphatic heterocycles. The third-order valence-electron chi connectivity index (χ3n) is 2.70. The van der Waals surface area contributed by atoms with Gasteiger partial charge in [0, 0.05) is 5.38 Å². The second kappa shape index (κ2) is 7.44. The van der Waals surface area contributed by atoms with Crippen LogP contribution in [0.1, 0.15) is 57.8 Å². The second-order valence-electron chi connectivity index (χ2n) is 3.99. The smallest absolute Gasteiger partial charge is 0.0339 e. The van der Waals surface area contributed by atoms with Crippen LogP contribution in [0.2, 0.25) is 0 Å². The summed E-state index contributed by atoms with van der Waals surface area (Å²) in [6, 6.07) is 0. The van der Waals surface area contributed by atoms with Gasteiger partial charge in [0.25, 0.3) is 0 Å². The van der Waals surface area contributed by atoms with Crippen molar-refractivity contribution in [2.75, 3.05) is 0 Å². The fourth-order valence-corrected chi connectivity index (χ4v) is 2.10. The first-order valence-corrected chi connectivity index (χ1v) is 6.12. The van der Waals surface area contributed by atoms with E-state index in [4.69, 9.17) is 11.6 Å². The van der Waals surface area contributed by atoms with Gasteiger partial charge in [0.05, 0.1) is 0 Å². The molecule has 1 heteroatoms. The van der Waals surface area contributed by atoms with E-state index in [2.05, 4.69) is 12.2 Å². The average molecular weight is 201 g/mol. The highest BCUT2D eigenvalue weighted by atomic mass is 35.5. The van der Waals surface area contributed by atoms with Crippen LogP contribution in [0.3, 0.4) is 0 Å². The van der Waals surface area contributed by atoms with Crippen LogP contribution < -0.4 is 0 Å². The van der Waals surface area contributed by atoms with Crippen molar-refractivity contribution >= 4 is 11.6 Å². The van der Waals surface area contributed by atoms with E-state index in [1.807, 2.05) is 0 Å². The topological polar surface area (TPSA) is 0 Å². The van der Waals surface area contributed by atoms with E-state index in [0.29, 0.717) is 5.38 Å². The lowest BCUT2D eigenvalue weighted by atomic mass is 10.0. The Morgan fingerprint density at radius 2 is 1.46 bits per heavy atom. The highest BCUT2D eigenvalue weighted by Crippen LogP contribution is 2.17. The molecule has 0 heterocycles. The van der Waals surface area contributed by atoms with Crippen molar-refractivity contribution in [2.45, 2.75) is 63.2 Å². The van der Waals surface area contributed by atoms with Gasteiger partial charge in [-0.25, -0.2) is 0 Å². The van der Waals surface area contributed by atoms with Crippen molar-refractivity contribution in [1.29, 1.82) is 0 Å². The van der Waals surface area contributed by atoms with E-state index in [0.717, 1.165) is 6.42 Å². The molecule has 0 saturated heterocycles. The Morgan fingerprint density at radius 1 is 0.769 bits per heavy atom. The van der Waals surface area contributed by atoms with Crippen molar-refractivity contribution < 1.29 is 0 Å². The van der Waals surface area contributed by atoms with E-state index in [1.54, 1.807) is 0 Å². The Morgan fingerprint density at radius 3 is 2.38 bits per heavy atom. The molecule has 13 heavy (non-hydrogen) atoms. The van der Waals surface area contributed by atoms with Crippen LogP contribution >= 0.6 is 11.6 Å². The Kier molecular flexibility index (Phi) is 6.35. The molecule has 76 valence electrons. The predicted octanol–water partition coefficient (Wildman–Crippen LogP) is 4.67. The minimum atomic E-state index is 0.420. The van der Waals surface area contributed by atoms with Gasteiger partial charge in [-0.15, -0.1) is 11.6 Å². The largest absolute Gasteiger partial charge is 0.123 e. The number of halogens is 1. The lowest BCUT2D eigenvalue weighted by Crippen LogP contribution is -1.97. The van der Waals surface area contributed by atoms with E-state index in [1.165, 1.54) is 51.4 Å². The predicted molar refractivity (Wildman–Crippen MR) is 60.3 cm³/mol. The van der Waals surface area contributed by atoms with Gasteiger partial charge in [-0.2, -0.15) is 0 Å². The molecule has 0 spiro atoms. The summed E-state index contributed by atoms with van der Waals surface area (Å²) in [5, 5.41) is 0.420. The molecule has 1 atom stereocenters. The van der Waals surface area contributed by atoms with Crippen molar-refractivity contribution in [3.05, 3.63) is 12.2 Å². The first-order valence-electron chi connectivity index (χ1n) is 5.68. The summed E-state index contributed by atoms with van der Waals surface area (Å²) in [6.07, 6.45) is 16.3. The van der Waals surface area contributed by atoms with Crippen LogP contribution in [-0.4, -0.2) is 5.38 Å². The molecular weight excluding hydrogens is 180 g/mol. The quantitative estimate of drug-likeness (QED) is 0.394. The highest BCUT2D eigenvalue weighted by molar-refractivity contribution is 6.20.